The van der Waals surface area contributed by atoms with Crippen molar-refractivity contribution in [2.75, 3.05) is 13.2 Å². The Hall–Kier alpha value is -0.880. The van der Waals surface area contributed by atoms with Crippen LogP contribution in [0.5, 0.6) is 0 Å². The number of amides is 1. The third kappa shape index (κ3) is 2.75. The van der Waals surface area contributed by atoms with Crippen molar-refractivity contribution in [1.82, 2.24) is 4.90 Å². The summed E-state index contributed by atoms with van der Waals surface area (Å²) in [5.41, 5.74) is -0.634. The molecule has 0 spiro atoms. The van der Waals surface area contributed by atoms with Crippen LogP contribution in [0.15, 0.2) is 0 Å². The largest absolute Gasteiger partial charge is 0.444 e. The maximum atomic E-state index is 13.6. The molecule has 0 unspecified atom stereocenters. The number of halogens is 1. The van der Waals surface area contributed by atoms with Gasteiger partial charge >= 0.3 is 6.09 Å². The smallest absolute Gasteiger partial charge is 0.410 e. The van der Waals surface area contributed by atoms with E-state index >= 15 is 0 Å². The molecule has 1 amide bonds. The summed E-state index contributed by atoms with van der Waals surface area (Å²) < 4.78 is 23.9. The summed E-state index contributed by atoms with van der Waals surface area (Å²) in [4.78, 5) is 13.1. The van der Waals surface area contributed by atoms with Crippen LogP contribution in [0, 0.1) is 0 Å². The van der Waals surface area contributed by atoms with E-state index in [9.17, 15) is 14.3 Å². The summed E-state index contributed by atoms with van der Waals surface area (Å²) in [7, 11) is 0. The molecule has 0 aromatic carbocycles. The molecule has 2 rings (SSSR count). The lowest BCUT2D eigenvalue weighted by Crippen LogP contribution is -2.46. The molecule has 0 bridgehead atoms. The molecule has 0 radical (unpaired) electrons. The number of likely N-dealkylation sites (tertiary alicyclic amines) is 1. The Labute approximate surface area is 107 Å². The SMILES string of the molecule is C.CC(C)(C)OC(=O)N1C[C@@H](F)[C@H]2OC[C@H](O)[C@H]21. The van der Waals surface area contributed by atoms with E-state index in [0.29, 0.717) is 0 Å². The minimum Gasteiger partial charge on any atom is -0.444 e. The quantitative estimate of drug-likeness (QED) is 0.716. The van der Waals surface area contributed by atoms with Gasteiger partial charge in [-0.3, -0.25) is 4.90 Å². The van der Waals surface area contributed by atoms with Crippen LogP contribution in [-0.2, 0) is 9.47 Å². The van der Waals surface area contributed by atoms with Gasteiger partial charge in [0.15, 0.2) is 0 Å². The molecule has 2 fully saturated rings. The fourth-order valence-electron chi connectivity index (χ4n) is 2.26. The highest BCUT2D eigenvalue weighted by Crippen LogP contribution is 2.32. The van der Waals surface area contributed by atoms with Crippen LogP contribution in [0.3, 0.4) is 0 Å². The summed E-state index contributed by atoms with van der Waals surface area (Å²) in [6.07, 6.45) is -3.42. The number of alkyl halides is 1. The lowest BCUT2D eigenvalue weighted by molar-refractivity contribution is 0.00976. The first-order valence-corrected chi connectivity index (χ1v) is 5.73. The maximum absolute atomic E-state index is 13.6. The molecule has 6 heteroatoms. The molecular weight excluding hydrogens is 241 g/mol. The minimum absolute atomic E-state index is 0. The van der Waals surface area contributed by atoms with Crippen molar-refractivity contribution >= 4 is 6.09 Å². The van der Waals surface area contributed by atoms with Gasteiger partial charge in [-0.15, -0.1) is 0 Å². The number of hydrogen-bond donors (Lipinski definition) is 1. The molecule has 2 heterocycles. The van der Waals surface area contributed by atoms with Crippen molar-refractivity contribution in [3.63, 3.8) is 0 Å². The second-order valence-corrected chi connectivity index (χ2v) is 5.50. The monoisotopic (exact) mass is 263 g/mol. The highest BCUT2D eigenvalue weighted by atomic mass is 19.1. The first-order valence-electron chi connectivity index (χ1n) is 5.73. The average Bonchev–Trinajstić information content (AvgIpc) is 2.67. The number of hydrogen-bond acceptors (Lipinski definition) is 4. The summed E-state index contributed by atoms with van der Waals surface area (Å²) in [6, 6.07) is -0.625. The topological polar surface area (TPSA) is 59.0 Å². The van der Waals surface area contributed by atoms with Gasteiger partial charge < -0.3 is 14.6 Å². The highest BCUT2D eigenvalue weighted by molar-refractivity contribution is 5.69. The standard InChI is InChI=1S/C11H18FNO4.CH4/c1-11(2,3)17-10(15)13-4-6(12)9-8(13)7(14)5-16-9;/h6-9,14H,4-5H2,1-3H3;1H4/t6-,7+,8-,9-;/m1./s1. The van der Waals surface area contributed by atoms with Gasteiger partial charge in [-0.05, 0) is 20.8 Å². The van der Waals surface area contributed by atoms with E-state index in [1.165, 1.54) is 4.90 Å². The van der Waals surface area contributed by atoms with E-state index in [0.717, 1.165) is 0 Å². The number of ether oxygens (including phenoxy) is 2. The Balaban J connectivity index is 0.00000162. The number of rotatable bonds is 0. The maximum Gasteiger partial charge on any atom is 0.410 e. The number of nitrogens with zero attached hydrogens (tertiary/aromatic N) is 1. The van der Waals surface area contributed by atoms with Crippen molar-refractivity contribution in [2.24, 2.45) is 0 Å². The predicted molar refractivity (Wildman–Crippen MR) is 64.1 cm³/mol. The van der Waals surface area contributed by atoms with Gasteiger partial charge in [-0.25, -0.2) is 9.18 Å². The molecule has 1 N–H and O–H groups in total. The first-order chi connectivity index (χ1) is 7.79. The summed E-state index contributed by atoms with van der Waals surface area (Å²) >= 11 is 0. The van der Waals surface area contributed by atoms with Crippen LogP contribution in [0.25, 0.3) is 0 Å². The normalized spacial score (nSPS) is 35.1. The van der Waals surface area contributed by atoms with Gasteiger partial charge in [0.2, 0.25) is 0 Å². The van der Waals surface area contributed by atoms with E-state index < -0.39 is 36.1 Å². The first kappa shape index (κ1) is 15.2. The molecular formula is C12H22FNO4. The Bertz CT molecular complexity index is 318. The molecule has 106 valence electrons. The number of aliphatic hydroxyl groups is 1. The lowest BCUT2D eigenvalue weighted by Gasteiger charge is -2.28. The molecule has 0 aromatic rings. The average molecular weight is 263 g/mol. The molecule has 4 atom stereocenters. The van der Waals surface area contributed by atoms with Crippen LogP contribution >= 0.6 is 0 Å². The van der Waals surface area contributed by atoms with E-state index in [1.54, 1.807) is 20.8 Å². The van der Waals surface area contributed by atoms with Crippen molar-refractivity contribution in [3.05, 3.63) is 0 Å². The summed E-state index contributed by atoms with van der Waals surface area (Å²) in [5, 5.41) is 9.69. The van der Waals surface area contributed by atoms with Crippen LogP contribution in [-0.4, -0.2) is 59.3 Å². The Morgan fingerprint density at radius 2 is 2.11 bits per heavy atom. The Morgan fingerprint density at radius 1 is 1.50 bits per heavy atom. The van der Waals surface area contributed by atoms with Gasteiger partial charge in [-0.1, -0.05) is 7.43 Å². The Morgan fingerprint density at radius 3 is 2.67 bits per heavy atom. The zero-order chi connectivity index (χ0) is 12.8. The third-order valence-corrected chi connectivity index (χ3v) is 2.91. The molecule has 2 saturated heterocycles. The highest BCUT2D eigenvalue weighted by Gasteiger charge is 2.53. The summed E-state index contributed by atoms with van der Waals surface area (Å²) in [5.74, 6) is 0. The number of carbonyl (C=O) groups is 1. The molecule has 2 aliphatic heterocycles. The minimum atomic E-state index is -1.26. The van der Waals surface area contributed by atoms with E-state index in [2.05, 4.69) is 0 Å². The summed E-state index contributed by atoms with van der Waals surface area (Å²) in [6.45, 7) is 5.21. The second kappa shape index (κ2) is 5.01. The van der Waals surface area contributed by atoms with E-state index in [4.69, 9.17) is 9.47 Å². The van der Waals surface area contributed by atoms with Crippen LogP contribution in [0.1, 0.15) is 28.2 Å². The lowest BCUT2D eigenvalue weighted by atomic mass is 10.1. The number of fused-ring (bicyclic) bond motifs is 1. The molecule has 18 heavy (non-hydrogen) atoms. The molecule has 0 aliphatic carbocycles. The predicted octanol–water partition coefficient (Wildman–Crippen LogP) is 1.34. The molecule has 0 aromatic heterocycles. The van der Waals surface area contributed by atoms with E-state index in [1.807, 2.05) is 0 Å². The van der Waals surface area contributed by atoms with Crippen LogP contribution < -0.4 is 0 Å². The number of aliphatic hydroxyl groups excluding tert-OH is 1. The Kier molecular flexibility index (Phi) is 4.23. The van der Waals surface area contributed by atoms with Crippen molar-refractivity contribution in [1.29, 1.82) is 0 Å². The zero-order valence-electron chi connectivity index (χ0n) is 10.2. The van der Waals surface area contributed by atoms with Crippen molar-refractivity contribution in [3.8, 4) is 0 Å². The second-order valence-electron chi connectivity index (χ2n) is 5.50. The molecule has 5 nitrogen and oxygen atoms in total. The van der Waals surface area contributed by atoms with Crippen molar-refractivity contribution in [2.45, 2.75) is 58.2 Å². The fraction of sp³-hybridized carbons (Fsp3) is 0.917. The van der Waals surface area contributed by atoms with Gasteiger partial charge in [0.25, 0.3) is 0 Å². The molecule has 2 aliphatic rings. The van der Waals surface area contributed by atoms with E-state index in [-0.39, 0.29) is 20.6 Å². The van der Waals surface area contributed by atoms with Gasteiger partial charge in [0, 0.05) is 0 Å². The number of carbonyl (C=O) groups excluding carboxylic acids is 1. The van der Waals surface area contributed by atoms with Gasteiger partial charge in [0.05, 0.1) is 19.2 Å². The fourth-order valence-corrected chi connectivity index (χ4v) is 2.26. The van der Waals surface area contributed by atoms with Crippen LogP contribution in [0.4, 0.5) is 9.18 Å². The molecule has 0 saturated carbocycles. The van der Waals surface area contributed by atoms with Crippen molar-refractivity contribution < 1.29 is 23.8 Å². The van der Waals surface area contributed by atoms with Gasteiger partial charge in [-0.2, -0.15) is 0 Å². The third-order valence-electron chi connectivity index (χ3n) is 2.91. The van der Waals surface area contributed by atoms with Crippen LogP contribution in [0.2, 0.25) is 0 Å². The van der Waals surface area contributed by atoms with Gasteiger partial charge in [0.1, 0.15) is 24.0 Å². The zero-order valence-corrected chi connectivity index (χ0v) is 10.2.